The van der Waals surface area contributed by atoms with Crippen molar-refractivity contribution in [2.24, 2.45) is 5.92 Å². The summed E-state index contributed by atoms with van der Waals surface area (Å²) in [5, 5.41) is 6.26. The molecule has 1 heterocycles. The van der Waals surface area contributed by atoms with Crippen molar-refractivity contribution < 1.29 is 0 Å². The molecule has 2 rings (SSSR count). The zero-order valence-electron chi connectivity index (χ0n) is 12.2. The number of halogens is 3. The highest BCUT2D eigenvalue weighted by Gasteiger charge is 2.18. The van der Waals surface area contributed by atoms with Crippen LogP contribution in [-0.4, -0.2) is 15.1 Å². The molecule has 0 aliphatic rings. The van der Waals surface area contributed by atoms with Crippen LogP contribution in [0.1, 0.15) is 23.9 Å². The molecule has 0 aliphatic heterocycles. The van der Waals surface area contributed by atoms with E-state index in [0.29, 0.717) is 5.92 Å². The van der Waals surface area contributed by atoms with Crippen molar-refractivity contribution in [2.75, 3.05) is 5.33 Å². The van der Waals surface area contributed by atoms with E-state index >= 15 is 0 Å². The number of rotatable bonds is 6. The van der Waals surface area contributed by atoms with E-state index in [-0.39, 0.29) is 0 Å². The highest BCUT2D eigenvalue weighted by atomic mass is 79.9. The second-order valence-corrected chi connectivity index (χ2v) is 7.06. The molecule has 0 bridgehead atoms. The van der Waals surface area contributed by atoms with Crippen LogP contribution in [0.2, 0.25) is 5.02 Å². The van der Waals surface area contributed by atoms with Crippen molar-refractivity contribution in [2.45, 2.75) is 33.2 Å². The Hall–Kier alpha value is -0.320. The van der Waals surface area contributed by atoms with Crippen LogP contribution >= 0.6 is 43.5 Å². The zero-order valence-corrected chi connectivity index (χ0v) is 16.2. The van der Waals surface area contributed by atoms with E-state index in [1.165, 1.54) is 10.0 Å². The summed E-state index contributed by atoms with van der Waals surface area (Å²) in [6.45, 7) is 4.92. The van der Waals surface area contributed by atoms with Crippen LogP contribution in [0.25, 0.3) is 0 Å². The lowest BCUT2D eigenvalue weighted by Crippen LogP contribution is -2.14. The van der Waals surface area contributed by atoms with Crippen LogP contribution in [0.5, 0.6) is 0 Å². The van der Waals surface area contributed by atoms with Gasteiger partial charge in [-0.15, -0.1) is 0 Å². The first-order valence-electron chi connectivity index (χ1n) is 7.07. The van der Waals surface area contributed by atoms with Crippen molar-refractivity contribution in [3.05, 3.63) is 50.7 Å². The van der Waals surface area contributed by atoms with Gasteiger partial charge in [0.1, 0.15) is 0 Å². The van der Waals surface area contributed by atoms with Crippen molar-refractivity contribution in [3.63, 3.8) is 0 Å². The first-order chi connectivity index (χ1) is 10.1. The highest BCUT2D eigenvalue weighted by Crippen LogP contribution is 2.27. The summed E-state index contributed by atoms with van der Waals surface area (Å²) in [6.07, 6.45) is 1.94. The molecule has 5 heteroatoms. The highest BCUT2D eigenvalue weighted by molar-refractivity contribution is 9.10. The van der Waals surface area contributed by atoms with E-state index in [0.717, 1.165) is 41.1 Å². The summed E-state index contributed by atoms with van der Waals surface area (Å²) in [5.74, 6) is 0.489. The molecule has 0 amide bonds. The van der Waals surface area contributed by atoms with Crippen molar-refractivity contribution in [1.82, 2.24) is 9.78 Å². The predicted molar refractivity (Wildman–Crippen MR) is 96.5 cm³/mol. The fourth-order valence-electron chi connectivity index (χ4n) is 2.49. The summed E-state index contributed by atoms with van der Waals surface area (Å²) in [5.41, 5.74) is 3.40. The lowest BCUT2D eigenvalue weighted by molar-refractivity contribution is 0.535. The molecule has 1 aromatic heterocycles. The standard InChI is InChI=1S/C16H19Br2ClN2/c1-3-21-15(16(19)11(2)20-21)9-12(10-17)8-13-6-4-5-7-14(13)18/h4-7,12H,3,8-10H2,1-2H3. The van der Waals surface area contributed by atoms with Crippen molar-refractivity contribution >= 4 is 43.5 Å². The molecule has 0 saturated heterocycles. The third kappa shape index (κ3) is 4.11. The number of hydrogen-bond donors (Lipinski definition) is 0. The molecule has 0 spiro atoms. The molecular weight excluding hydrogens is 415 g/mol. The number of alkyl halides is 1. The Morgan fingerprint density at radius 1 is 1.29 bits per heavy atom. The minimum absolute atomic E-state index is 0.489. The molecular formula is C16H19Br2ClN2. The SMILES string of the molecule is CCn1nc(C)c(Cl)c1CC(CBr)Cc1ccccc1Br. The maximum atomic E-state index is 6.42. The molecule has 0 N–H and O–H groups in total. The van der Waals surface area contributed by atoms with Gasteiger partial charge in [-0.25, -0.2) is 0 Å². The molecule has 114 valence electrons. The number of hydrogen-bond acceptors (Lipinski definition) is 1. The van der Waals surface area contributed by atoms with Gasteiger partial charge in [-0.05, 0) is 44.2 Å². The van der Waals surface area contributed by atoms with Gasteiger partial charge in [-0.2, -0.15) is 5.10 Å². The van der Waals surface area contributed by atoms with E-state index in [4.69, 9.17) is 11.6 Å². The number of nitrogens with zero attached hydrogens (tertiary/aromatic N) is 2. The number of benzene rings is 1. The fraction of sp³-hybridized carbons (Fsp3) is 0.438. The summed E-state index contributed by atoms with van der Waals surface area (Å²) < 4.78 is 3.19. The van der Waals surface area contributed by atoms with Crippen molar-refractivity contribution in [3.8, 4) is 0 Å². The first kappa shape index (κ1) is 17.0. The monoisotopic (exact) mass is 432 g/mol. The maximum Gasteiger partial charge on any atom is 0.0847 e. The molecule has 0 aliphatic carbocycles. The molecule has 1 unspecified atom stereocenters. The molecule has 2 aromatic rings. The topological polar surface area (TPSA) is 17.8 Å². The van der Waals surface area contributed by atoms with E-state index in [2.05, 4.69) is 62.1 Å². The molecule has 21 heavy (non-hydrogen) atoms. The molecule has 0 fully saturated rings. The normalized spacial score (nSPS) is 12.6. The summed E-state index contributed by atoms with van der Waals surface area (Å²) in [4.78, 5) is 0. The second kappa shape index (κ2) is 7.80. The van der Waals surface area contributed by atoms with Crippen LogP contribution in [-0.2, 0) is 19.4 Å². The Bertz CT molecular complexity index is 610. The lowest BCUT2D eigenvalue weighted by atomic mass is 9.96. The van der Waals surface area contributed by atoms with Gasteiger partial charge in [0.2, 0.25) is 0 Å². The summed E-state index contributed by atoms with van der Waals surface area (Å²) in [6, 6.07) is 8.39. The van der Waals surface area contributed by atoms with Gasteiger partial charge in [-0.3, -0.25) is 4.68 Å². The van der Waals surface area contributed by atoms with Gasteiger partial charge in [0.25, 0.3) is 0 Å². The van der Waals surface area contributed by atoms with Crippen LogP contribution in [0.15, 0.2) is 28.7 Å². The van der Waals surface area contributed by atoms with E-state index in [1.54, 1.807) is 0 Å². The van der Waals surface area contributed by atoms with Crippen LogP contribution in [0.4, 0.5) is 0 Å². The van der Waals surface area contributed by atoms with Gasteiger partial charge < -0.3 is 0 Å². The summed E-state index contributed by atoms with van der Waals surface area (Å²) >= 11 is 13.7. The Kier molecular flexibility index (Phi) is 6.33. The predicted octanol–water partition coefficient (Wildman–Crippen LogP) is 5.42. The average Bonchev–Trinajstić information content (AvgIpc) is 2.76. The van der Waals surface area contributed by atoms with Crippen molar-refractivity contribution in [1.29, 1.82) is 0 Å². The summed E-state index contributed by atoms with van der Waals surface area (Å²) in [7, 11) is 0. The zero-order chi connectivity index (χ0) is 15.4. The van der Waals surface area contributed by atoms with Crippen LogP contribution < -0.4 is 0 Å². The maximum absolute atomic E-state index is 6.42. The Labute approximate surface area is 148 Å². The molecule has 0 saturated carbocycles. The van der Waals surface area contributed by atoms with Gasteiger partial charge in [0, 0.05) is 16.3 Å². The smallest absolute Gasteiger partial charge is 0.0847 e. The first-order valence-corrected chi connectivity index (χ1v) is 9.37. The lowest BCUT2D eigenvalue weighted by Gasteiger charge is -2.16. The fourth-order valence-corrected chi connectivity index (χ4v) is 3.61. The van der Waals surface area contributed by atoms with Gasteiger partial charge in [-0.1, -0.05) is 61.7 Å². The molecule has 2 nitrogen and oxygen atoms in total. The molecule has 1 aromatic carbocycles. The number of aryl methyl sites for hydroxylation is 2. The minimum atomic E-state index is 0.489. The molecule has 1 atom stereocenters. The van der Waals surface area contributed by atoms with E-state index < -0.39 is 0 Å². The Morgan fingerprint density at radius 3 is 2.62 bits per heavy atom. The van der Waals surface area contributed by atoms with Crippen LogP contribution in [0.3, 0.4) is 0 Å². The van der Waals surface area contributed by atoms with Crippen LogP contribution in [0, 0.1) is 12.8 Å². The largest absolute Gasteiger partial charge is 0.268 e. The Balaban J connectivity index is 2.18. The van der Waals surface area contributed by atoms with Gasteiger partial charge >= 0.3 is 0 Å². The van der Waals surface area contributed by atoms with E-state index in [1.807, 2.05) is 17.7 Å². The quantitative estimate of drug-likeness (QED) is 0.555. The average molecular weight is 435 g/mol. The Morgan fingerprint density at radius 2 is 2.00 bits per heavy atom. The number of aromatic nitrogens is 2. The van der Waals surface area contributed by atoms with E-state index in [9.17, 15) is 0 Å². The third-order valence-corrected chi connectivity index (χ3v) is 5.80. The van der Waals surface area contributed by atoms with Gasteiger partial charge in [0.05, 0.1) is 16.4 Å². The molecule has 0 radical (unpaired) electrons. The third-order valence-electron chi connectivity index (χ3n) is 3.62. The second-order valence-electron chi connectivity index (χ2n) is 5.18. The minimum Gasteiger partial charge on any atom is -0.268 e. The van der Waals surface area contributed by atoms with Gasteiger partial charge in [0.15, 0.2) is 0 Å².